The topological polar surface area (TPSA) is 29.5 Å². The zero-order valence-electron chi connectivity index (χ0n) is 28.7. The third-order valence-corrected chi connectivity index (χ3v) is 10.6. The highest BCUT2D eigenvalue weighted by Crippen LogP contribution is 2.50. The first kappa shape index (κ1) is 29.6. The Morgan fingerprint density at radius 2 is 0.755 bits per heavy atom. The van der Waals surface area contributed by atoms with Crippen LogP contribution >= 0.6 is 0 Å². The maximum atomic E-state index is 7.03. The fourth-order valence-electron chi connectivity index (χ4n) is 8.00. The number of benzene rings is 9. The SMILES string of the molecule is c1ccc(-c2ccc(N(c3ccc(-c4ccccc4)cc3)c3c4oc5cc6ccccc6cc5c4cc4oc5cc6ccccc6cc5c34)cc2)cc1. The standard InChI is InChI=1S/C50H31NO2/c1-3-11-32(12-4-1)34-19-23-40(24-20-34)51(41-25-21-35(22-26-41)33-13-5-2-6-14-33)49-48-44-28-37-16-8-10-18-39(37)30-46(44)52-47(48)31-43-42-27-36-15-7-9-17-38(36)29-45(42)53-50(43)49/h1-31H. The normalized spacial score (nSPS) is 11.8. The summed E-state index contributed by atoms with van der Waals surface area (Å²) < 4.78 is 13.9. The quantitative estimate of drug-likeness (QED) is 0.182. The Morgan fingerprint density at radius 1 is 0.321 bits per heavy atom. The van der Waals surface area contributed by atoms with Crippen molar-refractivity contribution in [2.75, 3.05) is 4.90 Å². The molecule has 0 aliphatic rings. The maximum absolute atomic E-state index is 7.03. The lowest BCUT2D eigenvalue weighted by molar-refractivity contribution is 0.664. The van der Waals surface area contributed by atoms with E-state index >= 15 is 0 Å². The second-order valence-corrected chi connectivity index (χ2v) is 13.7. The first-order valence-electron chi connectivity index (χ1n) is 18.0. The average molecular weight is 678 g/mol. The van der Waals surface area contributed by atoms with E-state index in [1.807, 2.05) is 0 Å². The van der Waals surface area contributed by atoms with Gasteiger partial charge in [0.1, 0.15) is 22.4 Å². The van der Waals surface area contributed by atoms with Crippen molar-refractivity contribution >= 4 is 82.5 Å². The molecule has 0 aliphatic heterocycles. The molecule has 11 aromatic rings. The summed E-state index contributed by atoms with van der Waals surface area (Å²) >= 11 is 0. The molecule has 0 atom stereocenters. The first-order valence-corrected chi connectivity index (χ1v) is 18.0. The van der Waals surface area contributed by atoms with Gasteiger partial charge in [-0.25, -0.2) is 0 Å². The summed E-state index contributed by atoms with van der Waals surface area (Å²) in [5.41, 5.74) is 11.0. The summed E-state index contributed by atoms with van der Waals surface area (Å²) in [6, 6.07) is 66.7. The molecule has 248 valence electrons. The second kappa shape index (κ2) is 11.7. The lowest BCUT2D eigenvalue weighted by Crippen LogP contribution is -2.10. The second-order valence-electron chi connectivity index (χ2n) is 13.7. The molecular formula is C50H31NO2. The number of furan rings is 2. The van der Waals surface area contributed by atoms with E-state index in [1.54, 1.807) is 0 Å². The Hall–Kier alpha value is -7.10. The number of nitrogens with zero attached hydrogens (tertiary/aromatic N) is 1. The molecule has 0 spiro atoms. The summed E-state index contributed by atoms with van der Waals surface area (Å²) in [5.74, 6) is 0. The Morgan fingerprint density at radius 3 is 1.28 bits per heavy atom. The van der Waals surface area contributed by atoms with Gasteiger partial charge in [0.05, 0.1) is 5.39 Å². The first-order chi connectivity index (χ1) is 26.2. The van der Waals surface area contributed by atoms with Crippen molar-refractivity contribution in [3.8, 4) is 22.3 Å². The Bertz CT molecular complexity index is 3040. The van der Waals surface area contributed by atoms with Crippen molar-refractivity contribution < 1.29 is 8.83 Å². The van der Waals surface area contributed by atoms with Crippen molar-refractivity contribution in [2.45, 2.75) is 0 Å². The lowest BCUT2D eigenvalue weighted by atomic mass is 10.00. The maximum Gasteiger partial charge on any atom is 0.160 e. The van der Waals surface area contributed by atoms with Crippen LogP contribution in [-0.2, 0) is 0 Å². The molecule has 0 N–H and O–H groups in total. The third kappa shape index (κ3) is 4.82. The van der Waals surface area contributed by atoms with Crippen LogP contribution in [0.25, 0.3) is 87.7 Å². The Balaban J connectivity index is 1.24. The van der Waals surface area contributed by atoms with E-state index in [4.69, 9.17) is 8.83 Å². The molecule has 2 aromatic heterocycles. The highest BCUT2D eigenvalue weighted by molar-refractivity contribution is 6.26. The van der Waals surface area contributed by atoms with Gasteiger partial charge < -0.3 is 13.7 Å². The van der Waals surface area contributed by atoms with Crippen LogP contribution in [0.2, 0.25) is 0 Å². The molecule has 11 rings (SSSR count). The van der Waals surface area contributed by atoms with Crippen LogP contribution in [0.4, 0.5) is 17.1 Å². The smallest absolute Gasteiger partial charge is 0.160 e. The molecule has 0 fully saturated rings. The lowest BCUT2D eigenvalue weighted by Gasteiger charge is -2.27. The minimum absolute atomic E-state index is 0.818. The zero-order valence-corrected chi connectivity index (χ0v) is 28.7. The van der Waals surface area contributed by atoms with Crippen molar-refractivity contribution in [3.05, 3.63) is 188 Å². The molecule has 0 saturated heterocycles. The van der Waals surface area contributed by atoms with Crippen LogP contribution in [0.15, 0.2) is 197 Å². The van der Waals surface area contributed by atoms with Gasteiger partial charge in [0.25, 0.3) is 0 Å². The van der Waals surface area contributed by atoms with Crippen LogP contribution in [0, 0.1) is 0 Å². The molecule has 2 heterocycles. The fraction of sp³-hybridized carbons (Fsp3) is 0. The Kier molecular flexibility index (Phi) is 6.55. The molecule has 3 nitrogen and oxygen atoms in total. The largest absolute Gasteiger partial charge is 0.456 e. The van der Waals surface area contributed by atoms with Gasteiger partial charge >= 0.3 is 0 Å². The molecule has 53 heavy (non-hydrogen) atoms. The number of anilines is 3. The van der Waals surface area contributed by atoms with Crippen LogP contribution in [0.1, 0.15) is 0 Å². The van der Waals surface area contributed by atoms with Crippen LogP contribution in [0.5, 0.6) is 0 Å². The van der Waals surface area contributed by atoms with Crippen molar-refractivity contribution in [1.29, 1.82) is 0 Å². The predicted molar refractivity (Wildman–Crippen MR) is 222 cm³/mol. The van der Waals surface area contributed by atoms with Gasteiger partial charge in [0, 0.05) is 27.5 Å². The summed E-state index contributed by atoms with van der Waals surface area (Å²) in [7, 11) is 0. The monoisotopic (exact) mass is 677 g/mol. The average Bonchev–Trinajstić information content (AvgIpc) is 3.76. The van der Waals surface area contributed by atoms with Gasteiger partial charge in [0.2, 0.25) is 0 Å². The minimum Gasteiger partial charge on any atom is -0.456 e. The molecule has 0 saturated carbocycles. The number of fused-ring (bicyclic) bond motifs is 8. The van der Waals surface area contributed by atoms with E-state index in [1.165, 1.54) is 16.5 Å². The Labute approximate surface area is 305 Å². The van der Waals surface area contributed by atoms with Crippen LogP contribution in [-0.4, -0.2) is 0 Å². The predicted octanol–water partition coefficient (Wildman–Crippen LogP) is 14.6. The van der Waals surface area contributed by atoms with E-state index in [0.29, 0.717) is 0 Å². The van der Waals surface area contributed by atoms with Crippen molar-refractivity contribution in [2.24, 2.45) is 0 Å². The highest BCUT2D eigenvalue weighted by Gasteiger charge is 2.26. The number of hydrogen-bond donors (Lipinski definition) is 0. The van der Waals surface area contributed by atoms with E-state index in [9.17, 15) is 0 Å². The van der Waals surface area contributed by atoms with E-state index in [-0.39, 0.29) is 0 Å². The van der Waals surface area contributed by atoms with Gasteiger partial charge in [0.15, 0.2) is 5.58 Å². The summed E-state index contributed by atoms with van der Waals surface area (Å²) in [6.07, 6.45) is 0. The number of rotatable bonds is 5. The molecule has 0 bridgehead atoms. The molecular weight excluding hydrogens is 647 g/mol. The highest BCUT2D eigenvalue weighted by atomic mass is 16.3. The summed E-state index contributed by atoms with van der Waals surface area (Å²) in [6.45, 7) is 0. The third-order valence-electron chi connectivity index (χ3n) is 10.6. The molecule has 0 unspecified atom stereocenters. The summed E-state index contributed by atoms with van der Waals surface area (Å²) in [4.78, 5) is 2.35. The van der Waals surface area contributed by atoms with Gasteiger partial charge in [-0.3, -0.25) is 0 Å². The van der Waals surface area contributed by atoms with E-state index in [2.05, 4.69) is 193 Å². The molecule has 0 radical (unpaired) electrons. The van der Waals surface area contributed by atoms with Crippen molar-refractivity contribution in [3.63, 3.8) is 0 Å². The van der Waals surface area contributed by atoms with Gasteiger partial charge in [-0.2, -0.15) is 0 Å². The van der Waals surface area contributed by atoms with Gasteiger partial charge in [-0.05, 0) is 98.4 Å². The summed E-state index contributed by atoms with van der Waals surface area (Å²) in [5, 5.41) is 8.77. The van der Waals surface area contributed by atoms with E-state index in [0.717, 1.165) is 88.2 Å². The molecule has 9 aromatic carbocycles. The van der Waals surface area contributed by atoms with Gasteiger partial charge in [-0.1, -0.05) is 133 Å². The van der Waals surface area contributed by atoms with Crippen molar-refractivity contribution in [1.82, 2.24) is 0 Å². The van der Waals surface area contributed by atoms with Crippen LogP contribution < -0.4 is 4.90 Å². The minimum atomic E-state index is 0.818. The zero-order chi connectivity index (χ0) is 34.9. The van der Waals surface area contributed by atoms with E-state index < -0.39 is 0 Å². The molecule has 3 heteroatoms. The fourth-order valence-corrected chi connectivity index (χ4v) is 8.00. The molecule has 0 aliphatic carbocycles. The molecule has 0 amide bonds. The van der Waals surface area contributed by atoms with Crippen LogP contribution in [0.3, 0.4) is 0 Å². The van der Waals surface area contributed by atoms with Gasteiger partial charge in [-0.15, -0.1) is 0 Å². The number of hydrogen-bond acceptors (Lipinski definition) is 3.